The molecule has 0 aliphatic carbocycles. The lowest BCUT2D eigenvalue weighted by Crippen LogP contribution is -2.57. The molecule has 0 radical (unpaired) electrons. The van der Waals surface area contributed by atoms with Gasteiger partial charge in [-0.1, -0.05) is 6.08 Å². The Hall–Kier alpha value is -3.15. The molecule has 1 unspecified atom stereocenters. The summed E-state index contributed by atoms with van der Waals surface area (Å²) in [6, 6.07) is 3.41. The molecule has 34 heavy (non-hydrogen) atoms. The number of nitrogens with zero attached hydrogens (tertiary/aromatic N) is 6. The fourth-order valence-electron chi connectivity index (χ4n) is 4.29. The minimum absolute atomic E-state index is 0.0320. The molecule has 1 atom stereocenters. The lowest BCUT2D eigenvalue weighted by Gasteiger charge is -2.38. The average Bonchev–Trinajstić information content (AvgIpc) is 3.44. The lowest BCUT2D eigenvalue weighted by atomic mass is 10.0. The predicted molar refractivity (Wildman–Crippen MR) is 117 cm³/mol. The van der Waals surface area contributed by atoms with E-state index in [0.717, 1.165) is 50.0 Å². The van der Waals surface area contributed by atoms with E-state index in [2.05, 4.69) is 36.2 Å². The second kappa shape index (κ2) is 8.57. The predicted octanol–water partition coefficient (Wildman–Crippen LogP) is 4.24. The standard InChI is InChI=1S/C22H22F5N7/c23-21(24)12-34(13-21)20-30-17(14-4-7-33(10-14)11-16-2-1-5-28-16)9-19(32-20)31-18-8-15(3-6-29-18)22(25,26)27/h2-3,5-6,8-9,14H,1,4,7,10-13H2,(H,29,30,31,32). The minimum Gasteiger partial charge on any atom is -0.329 e. The summed E-state index contributed by atoms with van der Waals surface area (Å²) in [4.78, 5) is 20.7. The maximum atomic E-state index is 13.5. The lowest BCUT2D eigenvalue weighted by molar-refractivity contribution is -0.137. The summed E-state index contributed by atoms with van der Waals surface area (Å²) < 4.78 is 66.2. The number of hydrogen-bond donors (Lipinski definition) is 1. The first-order valence-electron chi connectivity index (χ1n) is 10.9. The molecule has 2 aromatic rings. The molecule has 5 rings (SSSR count). The van der Waals surface area contributed by atoms with E-state index >= 15 is 0 Å². The summed E-state index contributed by atoms with van der Waals surface area (Å²) in [5.74, 6) is -2.49. The van der Waals surface area contributed by atoms with Crippen LogP contribution in [-0.4, -0.2) is 64.7 Å². The minimum atomic E-state index is -4.52. The highest BCUT2D eigenvalue weighted by molar-refractivity contribution is 5.64. The molecular formula is C22H22F5N7. The Balaban J connectivity index is 1.38. The largest absolute Gasteiger partial charge is 0.416 e. The second-order valence-corrected chi connectivity index (χ2v) is 8.71. The van der Waals surface area contributed by atoms with Crippen molar-refractivity contribution >= 4 is 23.8 Å². The summed E-state index contributed by atoms with van der Waals surface area (Å²) in [5, 5.41) is 2.80. The first kappa shape index (κ1) is 22.6. The van der Waals surface area contributed by atoms with Gasteiger partial charge in [0.1, 0.15) is 11.6 Å². The Morgan fingerprint density at radius 2 is 1.94 bits per heavy atom. The third-order valence-corrected chi connectivity index (χ3v) is 6.00. The van der Waals surface area contributed by atoms with E-state index in [0.29, 0.717) is 12.2 Å². The maximum absolute atomic E-state index is 13.5. The van der Waals surface area contributed by atoms with E-state index in [4.69, 9.17) is 0 Å². The monoisotopic (exact) mass is 479 g/mol. The molecule has 0 spiro atoms. The number of allylic oxidation sites excluding steroid dienone is 1. The van der Waals surface area contributed by atoms with Crippen LogP contribution in [0.5, 0.6) is 0 Å². The highest BCUT2D eigenvalue weighted by Crippen LogP contribution is 2.35. The number of aromatic nitrogens is 3. The number of halogens is 5. The van der Waals surface area contributed by atoms with Gasteiger partial charge >= 0.3 is 6.18 Å². The quantitative estimate of drug-likeness (QED) is 0.626. The van der Waals surface area contributed by atoms with E-state index in [1.54, 1.807) is 6.07 Å². The van der Waals surface area contributed by atoms with E-state index in [1.165, 1.54) is 4.90 Å². The number of hydrogen-bond acceptors (Lipinski definition) is 7. The van der Waals surface area contributed by atoms with Crippen LogP contribution in [0.4, 0.5) is 39.5 Å². The van der Waals surface area contributed by atoms with Gasteiger partial charge in [0.15, 0.2) is 0 Å². The zero-order valence-electron chi connectivity index (χ0n) is 18.1. The molecule has 12 heteroatoms. The van der Waals surface area contributed by atoms with Crippen LogP contribution in [0.15, 0.2) is 41.2 Å². The molecule has 0 bridgehead atoms. The van der Waals surface area contributed by atoms with Gasteiger partial charge in [0.25, 0.3) is 5.92 Å². The van der Waals surface area contributed by atoms with Crippen molar-refractivity contribution < 1.29 is 22.0 Å². The smallest absolute Gasteiger partial charge is 0.329 e. The number of alkyl halides is 5. The van der Waals surface area contributed by atoms with Crippen molar-refractivity contribution in [1.29, 1.82) is 0 Å². The Morgan fingerprint density at radius 3 is 2.65 bits per heavy atom. The average molecular weight is 479 g/mol. The highest BCUT2D eigenvalue weighted by atomic mass is 19.4. The number of aliphatic imine (C=N–C) groups is 1. The second-order valence-electron chi connectivity index (χ2n) is 8.71. The highest BCUT2D eigenvalue weighted by Gasteiger charge is 2.45. The number of nitrogens with one attached hydrogen (secondary N) is 1. The number of pyridine rings is 1. The molecule has 0 saturated carbocycles. The summed E-state index contributed by atoms with van der Waals surface area (Å²) in [6.45, 7) is 1.27. The van der Waals surface area contributed by atoms with Crippen LogP contribution in [0, 0.1) is 0 Å². The van der Waals surface area contributed by atoms with Gasteiger partial charge in [0.2, 0.25) is 5.95 Å². The van der Waals surface area contributed by atoms with E-state index in [9.17, 15) is 22.0 Å². The van der Waals surface area contributed by atoms with Crippen LogP contribution in [0.1, 0.15) is 30.0 Å². The molecule has 3 aliphatic heterocycles. The third kappa shape index (κ3) is 5.01. The SMILES string of the molecule is FC1(F)CN(c2nc(Nc3cc(C(F)(F)F)ccn3)cc(C3CCN(CC4=CCC=N4)C3)n2)C1. The van der Waals surface area contributed by atoms with Crippen LogP contribution < -0.4 is 10.2 Å². The molecular weight excluding hydrogens is 457 g/mol. The molecule has 0 amide bonds. The van der Waals surface area contributed by atoms with Gasteiger partial charge in [0.05, 0.1) is 30.0 Å². The fraction of sp³-hybridized carbons (Fsp3) is 0.455. The number of likely N-dealkylation sites (tertiary alicyclic amines) is 1. The van der Waals surface area contributed by atoms with Gasteiger partial charge in [-0.25, -0.2) is 18.7 Å². The van der Waals surface area contributed by atoms with Gasteiger partial charge in [-0.15, -0.1) is 0 Å². The first-order chi connectivity index (χ1) is 16.1. The molecule has 5 heterocycles. The molecule has 2 saturated heterocycles. The molecule has 180 valence electrons. The molecule has 7 nitrogen and oxygen atoms in total. The Labute approximate surface area is 192 Å². The van der Waals surface area contributed by atoms with Crippen molar-refractivity contribution in [3.8, 4) is 0 Å². The van der Waals surface area contributed by atoms with Crippen molar-refractivity contribution in [2.24, 2.45) is 4.99 Å². The number of rotatable bonds is 6. The Bertz CT molecular complexity index is 1120. The first-order valence-corrected chi connectivity index (χ1v) is 10.9. The zero-order chi connectivity index (χ0) is 23.9. The number of anilines is 3. The summed E-state index contributed by atoms with van der Waals surface area (Å²) in [5.41, 5.74) is 0.822. The van der Waals surface area contributed by atoms with Crippen LogP contribution >= 0.6 is 0 Å². The van der Waals surface area contributed by atoms with Crippen LogP contribution in [0.25, 0.3) is 0 Å². The van der Waals surface area contributed by atoms with E-state index in [-0.39, 0.29) is 23.5 Å². The zero-order valence-corrected chi connectivity index (χ0v) is 18.1. The van der Waals surface area contributed by atoms with Crippen molar-refractivity contribution in [3.05, 3.63) is 47.4 Å². The van der Waals surface area contributed by atoms with Gasteiger partial charge < -0.3 is 10.2 Å². The van der Waals surface area contributed by atoms with Gasteiger partial charge in [-0.3, -0.25) is 9.89 Å². The molecule has 2 aromatic heterocycles. The molecule has 1 N–H and O–H groups in total. The van der Waals surface area contributed by atoms with Crippen LogP contribution in [-0.2, 0) is 6.18 Å². The van der Waals surface area contributed by atoms with Crippen LogP contribution in [0.2, 0.25) is 0 Å². The van der Waals surface area contributed by atoms with Crippen molar-refractivity contribution in [2.75, 3.05) is 42.9 Å². The van der Waals surface area contributed by atoms with E-state index in [1.807, 2.05) is 6.21 Å². The third-order valence-electron chi connectivity index (χ3n) is 6.00. The molecule has 2 fully saturated rings. The van der Waals surface area contributed by atoms with Gasteiger partial charge in [0, 0.05) is 43.9 Å². The summed E-state index contributed by atoms with van der Waals surface area (Å²) in [6.07, 6.45) is 2.12. The van der Waals surface area contributed by atoms with Gasteiger partial charge in [-0.05, 0) is 25.1 Å². The van der Waals surface area contributed by atoms with E-state index < -0.39 is 30.8 Å². The summed E-state index contributed by atoms with van der Waals surface area (Å²) in [7, 11) is 0. The maximum Gasteiger partial charge on any atom is 0.416 e. The Morgan fingerprint density at radius 1 is 1.12 bits per heavy atom. The topological polar surface area (TPSA) is 69.5 Å². The van der Waals surface area contributed by atoms with Crippen molar-refractivity contribution in [3.63, 3.8) is 0 Å². The van der Waals surface area contributed by atoms with Gasteiger partial charge in [-0.2, -0.15) is 18.2 Å². The fourth-order valence-corrected chi connectivity index (χ4v) is 4.29. The summed E-state index contributed by atoms with van der Waals surface area (Å²) >= 11 is 0. The molecule has 3 aliphatic rings. The molecule has 0 aromatic carbocycles. The van der Waals surface area contributed by atoms with Crippen molar-refractivity contribution in [1.82, 2.24) is 19.9 Å². The Kier molecular flexibility index (Phi) is 5.70. The van der Waals surface area contributed by atoms with Crippen LogP contribution in [0.3, 0.4) is 0 Å². The normalized spacial score (nSPS) is 22.1. The van der Waals surface area contributed by atoms with Crippen molar-refractivity contribution in [2.45, 2.75) is 30.9 Å².